The minimum absolute atomic E-state index is 0.150. The second-order valence-electron chi connectivity index (χ2n) is 13.8. The lowest BCUT2D eigenvalue weighted by Crippen LogP contribution is -2.62. The third-order valence-electron chi connectivity index (χ3n) is 8.69. The fourth-order valence-corrected chi connectivity index (χ4v) is 6.16. The number of halogens is 2. The molecule has 0 aromatic rings. The molecular formula is C28H44Cl2N4O5. The molecule has 0 bridgehead atoms. The molecule has 39 heavy (non-hydrogen) atoms. The molecule has 0 radical (unpaired) electrons. The van der Waals surface area contributed by atoms with Crippen LogP contribution in [0.15, 0.2) is 0 Å². The van der Waals surface area contributed by atoms with Gasteiger partial charge in [-0.25, -0.2) is 4.79 Å². The van der Waals surface area contributed by atoms with Gasteiger partial charge < -0.3 is 20.9 Å². The largest absolute Gasteiger partial charge is 0.344 e. The van der Waals surface area contributed by atoms with Crippen molar-refractivity contribution in [3.8, 4) is 0 Å². The summed E-state index contributed by atoms with van der Waals surface area (Å²) in [5.74, 6) is -2.83. The zero-order valence-corrected chi connectivity index (χ0v) is 25.8. The van der Waals surface area contributed by atoms with Gasteiger partial charge in [-0.1, -0.05) is 60.8 Å². The van der Waals surface area contributed by atoms with E-state index in [0.29, 0.717) is 6.42 Å². The van der Waals surface area contributed by atoms with Crippen molar-refractivity contribution < 1.29 is 24.0 Å². The lowest BCUT2D eigenvalue weighted by atomic mass is 9.80. The van der Waals surface area contributed by atoms with Crippen molar-refractivity contribution in [2.75, 3.05) is 6.54 Å². The van der Waals surface area contributed by atoms with E-state index in [2.05, 4.69) is 16.0 Å². The van der Waals surface area contributed by atoms with Gasteiger partial charge in [0.15, 0.2) is 5.78 Å². The monoisotopic (exact) mass is 586 g/mol. The smallest absolute Gasteiger partial charge is 0.315 e. The van der Waals surface area contributed by atoms with Crippen LogP contribution in [0.5, 0.6) is 0 Å². The first-order valence-electron chi connectivity index (χ1n) is 13.9. The molecule has 4 amide bonds. The molecule has 3 N–H and O–H groups in total. The van der Waals surface area contributed by atoms with Gasteiger partial charge in [-0.05, 0) is 30.1 Å². The number of hydrogen-bond acceptors (Lipinski definition) is 5. The Morgan fingerprint density at radius 1 is 0.949 bits per heavy atom. The summed E-state index contributed by atoms with van der Waals surface area (Å²) in [7, 11) is 0. The van der Waals surface area contributed by atoms with Crippen LogP contribution in [0.2, 0.25) is 0 Å². The van der Waals surface area contributed by atoms with Crippen molar-refractivity contribution in [1.82, 2.24) is 20.9 Å². The predicted molar refractivity (Wildman–Crippen MR) is 150 cm³/mol. The van der Waals surface area contributed by atoms with E-state index in [0.717, 1.165) is 19.3 Å². The Morgan fingerprint density at radius 2 is 1.54 bits per heavy atom. The maximum atomic E-state index is 14.0. The quantitative estimate of drug-likeness (QED) is 0.281. The standard InChI is InChI=1S/C28H44Cl2N4O5/c1-14(35)21(36)18(12-16-10-9-11-16)32-23(37)20-19-17(28(19,29)30)13-34(20)24(38)22(27(6,7)8)33-25(39)31-15(2)26(3,4)5/h15-20,22H,9-13H2,1-8H3,(H,32,37)(H2,31,33,39)/t15?,17-,18?,19-,20-,22+/m0/s1. The Kier molecular flexibility index (Phi) is 9.08. The van der Waals surface area contributed by atoms with Crippen LogP contribution < -0.4 is 16.0 Å². The zero-order chi connectivity index (χ0) is 29.7. The average molecular weight is 588 g/mol. The Balaban J connectivity index is 1.82. The summed E-state index contributed by atoms with van der Waals surface area (Å²) >= 11 is 13.0. The fraction of sp³-hybridized carbons (Fsp3) is 0.821. The van der Waals surface area contributed by atoms with Crippen LogP contribution in [0.25, 0.3) is 0 Å². The van der Waals surface area contributed by atoms with Crippen molar-refractivity contribution >= 4 is 52.6 Å². The highest BCUT2D eigenvalue weighted by molar-refractivity contribution is 6.51. The molecule has 3 rings (SSSR count). The summed E-state index contributed by atoms with van der Waals surface area (Å²) in [5, 5.41) is 8.48. The van der Waals surface area contributed by atoms with Crippen LogP contribution in [-0.2, 0) is 19.2 Å². The lowest BCUT2D eigenvalue weighted by Gasteiger charge is -2.38. The Labute approximate surface area is 241 Å². The van der Waals surface area contributed by atoms with Crippen molar-refractivity contribution in [2.24, 2.45) is 28.6 Å². The van der Waals surface area contributed by atoms with Gasteiger partial charge >= 0.3 is 6.03 Å². The van der Waals surface area contributed by atoms with Crippen molar-refractivity contribution in [3.63, 3.8) is 0 Å². The minimum atomic E-state index is -1.17. The number of alkyl halides is 2. The van der Waals surface area contributed by atoms with Crippen LogP contribution in [0, 0.1) is 28.6 Å². The molecule has 9 nitrogen and oxygen atoms in total. The van der Waals surface area contributed by atoms with E-state index in [1.54, 1.807) is 0 Å². The molecule has 220 valence electrons. The van der Waals surface area contributed by atoms with Gasteiger partial charge in [0.1, 0.15) is 16.4 Å². The van der Waals surface area contributed by atoms with Crippen molar-refractivity contribution in [1.29, 1.82) is 0 Å². The molecule has 11 heteroatoms. The normalized spacial score (nSPS) is 26.4. The van der Waals surface area contributed by atoms with Crippen molar-refractivity contribution in [3.05, 3.63) is 0 Å². The number of nitrogens with zero attached hydrogens (tertiary/aromatic N) is 1. The Hall–Kier alpha value is -1.87. The number of likely N-dealkylation sites (tertiary alicyclic amines) is 1. The van der Waals surface area contributed by atoms with E-state index in [1.807, 2.05) is 48.5 Å². The van der Waals surface area contributed by atoms with E-state index >= 15 is 0 Å². The van der Waals surface area contributed by atoms with E-state index < -0.39 is 63.2 Å². The molecule has 0 aromatic carbocycles. The summed E-state index contributed by atoms with van der Waals surface area (Å²) < 4.78 is -1.17. The lowest BCUT2D eigenvalue weighted by molar-refractivity contribution is -0.144. The van der Waals surface area contributed by atoms with Gasteiger partial charge in [-0.3, -0.25) is 19.2 Å². The molecule has 0 aromatic heterocycles. The summed E-state index contributed by atoms with van der Waals surface area (Å²) in [6.07, 6.45) is 3.32. The number of Topliss-reactive ketones (excluding diaryl/α,β-unsaturated/α-hetero) is 2. The maximum Gasteiger partial charge on any atom is 0.315 e. The highest BCUT2D eigenvalue weighted by Gasteiger charge is 2.74. The van der Waals surface area contributed by atoms with Gasteiger partial charge in [-0.15, -0.1) is 23.2 Å². The van der Waals surface area contributed by atoms with Gasteiger partial charge in [-0.2, -0.15) is 0 Å². The molecule has 3 aliphatic rings. The molecule has 1 heterocycles. The molecule has 1 saturated heterocycles. The zero-order valence-electron chi connectivity index (χ0n) is 24.3. The van der Waals surface area contributed by atoms with Gasteiger partial charge in [0.25, 0.3) is 0 Å². The third kappa shape index (κ3) is 6.89. The fourth-order valence-electron chi connectivity index (χ4n) is 5.33. The number of fused-ring (bicyclic) bond motifs is 1. The number of amides is 4. The number of hydrogen-bond donors (Lipinski definition) is 3. The number of piperidine rings is 1. The number of nitrogens with one attached hydrogen (secondary N) is 3. The summed E-state index contributed by atoms with van der Waals surface area (Å²) in [4.78, 5) is 66.5. The Bertz CT molecular complexity index is 1010. The molecule has 1 aliphatic heterocycles. The first-order valence-corrected chi connectivity index (χ1v) is 14.6. The van der Waals surface area contributed by atoms with Crippen LogP contribution in [-0.4, -0.2) is 69.4 Å². The highest BCUT2D eigenvalue weighted by Crippen LogP contribution is 2.65. The highest BCUT2D eigenvalue weighted by atomic mass is 35.5. The second kappa shape index (κ2) is 11.2. The molecular weight excluding hydrogens is 543 g/mol. The van der Waals surface area contributed by atoms with E-state index in [1.165, 1.54) is 11.8 Å². The Morgan fingerprint density at radius 3 is 2.00 bits per heavy atom. The van der Waals surface area contributed by atoms with Crippen LogP contribution in [0.1, 0.15) is 81.1 Å². The summed E-state index contributed by atoms with van der Waals surface area (Å²) in [6, 6.07) is -3.57. The number of carbonyl (C=O) groups is 5. The van der Waals surface area contributed by atoms with Crippen LogP contribution >= 0.6 is 23.2 Å². The number of rotatable bonds is 9. The first kappa shape index (κ1) is 31.7. The van der Waals surface area contributed by atoms with Gasteiger partial charge in [0, 0.05) is 31.3 Å². The average Bonchev–Trinajstić information content (AvgIpc) is 3.10. The van der Waals surface area contributed by atoms with Crippen LogP contribution in [0.3, 0.4) is 0 Å². The predicted octanol–water partition coefficient (Wildman–Crippen LogP) is 3.60. The molecule has 6 atom stereocenters. The van der Waals surface area contributed by atoms with Crippen molar-refractivity contribution in [2.45, 2.75) is 110 Å². The van der Waals surface area contributed by atoms with Gasteiger partial charge in [0.05, 0.1) is 6.04 Å². The second-order valence-corrected chi connectivity index (χ2v) is 15.2. The number of ketones is 2. The van der Waals surface area contributed by atoms with E-state index in [4.69, 9.17) is 23.2 Å². The number of urea groups is 1. The summed E-state index contributed by atoms with van der Waals surface area (Å²) in [6.45, 7) is 14.8. The van der Waals surface area contributed by atoms with E-state index in [9.17, 15) is 24.0 Å². The maximum absolute atomic E-state index is 14.0. The molecule has 2 saturated carbocycles. The topological polar surface area (TPSA) is 125 Å². The first-order chi connectivity index (χ1) is 17.8. The summed E-state index contributed by atoms with van der Waals surface area (Å²) in [5.41, 5.74) is -0.862. The third-order valence-corrected chi connectivity index (χ3v) is 9.76. The molecule has 3 fully saturated rings. The SMILES string of the molecule is CC(=O)C(=O)C(CC1CCC1)NC(=O)[C@@H]1[C@@H]2[C@H](CN1C(=O)[C@@H](NC(=O)NC(C)C(C)(C)C)C(C)(C)C)C2(Cl)Cl. The number of carbonyl (C=O) groups excluding carboxylic acids is 5. The molecule has 2 unspecified atom stereocenters. The van der Waals surface area contributed by atoms with Gasteiger partial charge in [0.2, 0.25) is 17.6 Å². The molecule has 2 aliphatic carbocycles. The van der Waals surface area contributed by atoms with E-state index in [-0.39, 0.29) is 29.8 Å². The molecule has 0 spiro atoms. The van der Waals surface area contributed by atoms with Crippen LogP contribution in [0.4, 0.5) is 4.79 Å². The minimum Gasteiger partial charge on any atom is -0.344 e.